The first-order valence-electron chi connectivity index (χ1n) is 5.61. The van der Waals surface area contributed by atoms with Crippen LogP contribution in [0.1, 0.15) is 5.56 Å². The smallest absolute Gasteiger partial charge is 0.138 e. The second-order valence-electron chi connectivity index (χ2n) is 3.98. The zero-order valence-corrected chi connectivity index (χ0v) is 9.56. The Bertz CT molecular complexity index is 664. The number of hydrogen-bond donors (Lipinski definition) is 1. The van der Waals surface area contributed by atoms with Crippen molar-refractivity contribution in [2.24, 2.45) is 0 Å². The van der Waals surface area contributed by atoms with Gasteiger partial charge < -0.3 is 9.72 Å². The molecule has 0 saturated heterocycles. The van der Waals surface area contributed by atoms with Crippen LogP contribution in [0, 0.1) is 5.82 Å². The maximum atomic E-state index is 13.0. The predicted molar refractivity (Wildman–Crippen MR) is 66.8 cm³/mol. The molecule has 1 aromatic carbocycles. The lowest BCUT2D eigenvalue weighted by atomic mass is 10.2. The maximum Gasteiger partial charge on any atom is 0.138 e. The molecule has 0 radical (unpaired) electrons. The van der Waals surface area contributed by atoms with Crippen molar-refractivity contribution in [3.63, 3.8) is 0 Å². The zero-order valence-electron chi connectivity index (χ0n) is 9.56. The number of benzene rings is 1. The van der Waals surface area contributed by atoms with Gasteiger partial charge in [-0.05, 0) is 30.3 Å². The molecule has 3 aromatic rings. The summed E-state index contributed by atoms with van der Waals surface area (Å²) in [5, 5.41) is 0.972. The first-order valence-corrected chi connectivity index (χ1v) is 5.61. The van der Waals surface area contributed by atoms with Crippen LogP contribution in [0.5, 0.6) is 5.75 Å². The van der Waals surface area contributed by atoms with Crippen molar-refractivity contribution in [3.8, 4) is 5.75 Å². The molecule has 0 bridgehead atoms. The number of nitrogens with one attached hydrogen (secondary N) is 1. The van der Waals surface area contributed by atoms with Crippen LogP contribution in [-0.4, -0.2) is 9.97 Å². The minimum absolute atomic E-state index is 0.246. The Morgan fingerprint density at radius 1 is 1.28 bits per heavy atom. The van der Waals surface area contributed by atoms with Gasteiger partial charge in [-0.2, -0.15) is 0 Å². The fourth-order valence-corrected chi connectivity index (χ4v) is 1.87. The van der Waals surface area contributed by atoms with Gasteiger partial charge in [0.05, 0.1) is 6.20 Å². The number of rotatable bonds is 3. The first kappa shape index (κ1) is 10.8. The molecule has 0 atom stereocenters. The molecule has 1 N–H and O–H groups in total. The molecule has 0 amide bonds. The molecule has 18 heavy (non-hydrogen) atoms. The van der Waals surface area contributed by atoms with Crippen molar-refractivity contribution in [2.45, 2.75) is 6.61 Å². The fourth-order valence-electron chi connectivity index (χ4n) is 1.87. The molecule has 2 heterocycles. The van der Waals surface area contributed by atoms with Crippen LogP contribution in [0.15, 0.2) is 48.9 Å². The Balaban J connectivity index is 1.83. The highest BCUT2D eigenvalue weighted by Crippen LogP contribution is 2.20. The number of pyridine rings is 1. The minimum atomic E-state index is -0.246. The van der Waals surface area contributed by atoms with Crippen LogP contribution in [0.25, 0.3) is 10.9 Å². The number of halogens is 1. The zero-order chi connectivity index (χ0) is 12.4. The lowest BCUT2D eigenvalue weighted by molar-refractivity contribution is 0.306. The van der Waals surface area contributed by atoms with Crippen molar-refractivity contribution >= 4 is 10.9 Å². The third kappa shape index (κ3) is 2.05. The standard InChI is InChI=1S/C14H11FN2O/c15-11-3-4-13-10(7-17-14(13)6-11)9-18-12-2-1-5-16-8-12/h1-8,17H,9H2. The molecular formula is C14H11FN2O. The van der Waals surface area contributed by atoms with Crippen LogP contribution in [-0.2, 0) is 6.61 Å². The van der Waals surface area contributed by atoms with Gasteiger partial charge >= 0.3 is 0 Å². The van der Waals surface area contributed by atoms with Crippen molar-refractivity contribution in [3.05, 3.63) is 60.3 Å². The number of ether oxygens (including phenoxy) is 1. The molecule has 0 saturated carbocycles. The lowest BCUT2D eigenvalue weighted by Crippen LogP contribution is -1.94. The summed E-state index contributed by atoms with van der Waals surface area (Å²) in [6.45, 7) is 0.428. The van der Waals surface area contributed by atoms with Crippen LogP contribution in [0.2, 0.25) is 0 Å². The second-order valence-corrected chi connectivity index (χ2v) is 3.98. The van der Waals surface area contributed by atoms with Gasteiger partial charge in [-0.15, -0.1) is 0 Å². The van der Waals surface area contributed by atoms with E-state index < -0.39 is 0 Å². The summed E-state index contributed by atoms with van der Waals surface area (Å²) in [6, 6.07) is 8.34. The maximum absolute atomic E-state index is 13.0. The molecular weight excluding hydrogens is 231 g/mol. The van der Waals surface area contributed by atoms with E-state index in [1.807, 2.05) is 18.3 Å². The van der Waals surface area contributed by atoms with Gasteiger partial charge in [0, 0.05) is 28.9 Å². The number of nitrogens with zero attached hydrogens (tertiary/aromatic N) is 1. The summed E-state index contributed by atoms with van der Waals surface area (Å²) in [5.41, 5.74) is 1.77. The Labute approximate surface area is 103 Å². The van der Waals surface area contributed by atoms with Gasteiger partial charge in [-0.3, -0.25) is 4.98 Å². The summed E-state index contributed by atoms with van der Waals surface area (Å²) in [7, 11) is 0. The molecule has 0 aliphatic rings. The average molecular weight is 242 g/mol. The highest BCUT2D eigenvalue weighted by Gasteiger charge is 2.05. The van der Waals surface area contributed by atoms with E-state index in [1.54, 1.807) is 18.5 Å². The van der Waals surface area contributed by atoms with E-state index in [2.05, 4.69) is 9.97 Å². The molecule has 0 fully saturated rings. The van der Waals surface area contributed by atoms with Crippen molar-refractivity contribution in [2.75, 3.05) is 0 Å². The van der Waals surface area contributed by atoms with E-state index in [-0.39, 0.29) is 5.82 Å². The predicted octanol–water partition coefficient (Wildman–Crippen LogP) is 3.28. The van der Waals surface area contributed by atoms with Gasteiger partial charge in [0.1, 0.15) is 18.2 Å². The number of H-pyrrole nitrogens is 1. The van der Waals surface area contributed by atoms with E-state index in [0.717, 1.165) is 16.5 Å². The van der Waals surface area contributed by atoms with Crippen LogP contribution in [0.3, 0.4) is 0 Å². The fraction of sp³-hybridized carbons (Fsp3) is 0.0714. The average Bonchev–Trinajstić information content (AvgIpc) is 2.80. The van der Waals surface area contributed by atoms with E-state index in [1.165, 1.54) is 12.1 Å². The highest BCUT2D eigenvalue weighted by atomic mass is 19.1. The number of aromatic amines is 1. The first-order chi connectivity index (χ1) is 8.83. The largest absolute Gasteiger partial charge is 0.487 e. The second kappa shape index (κ2) is 4.49. The Morgan fingerprint density at radius 2 is 2.22 bits per heavy atom. The number of fused-ring (bicyclic) bond motifs is 1. The molecule has 0 aliphatic heterocycles. The van der Waals surface area contributed by atoms with Gasteiger partial charge in [0.2, 0.25) is 0 Å². The van der Waals surface area contributed by atoms with Crippen molar-refractivity contribution in [1.29, 1.82) is 0 Å². The molecule has 3 rings (SSSR count). The third-order valence-electron chi connectivity index (χ3n) is 2.76. The molecule has 0 unspecified atom stereocenters. The Kier molecular flexibility index (Phi) is 2.68. The topological polar surface area (TPSA) is 37.9 Å². The van der Waals surface area contributed by atoms with Gasteiger partial charge in [0.15, 0.2) is 0 Å². The molecule has 3 nitrogen and oxygen atoms in total. The summed E-state index contributed by atoms with van der Waals surface area (Å²) in [5.74, 6) is 0.470. The van der Waals surface area contributed by atoms with Gasteiger partial charge in [-0.25, -0.2) is 4.39 Å². The lowest BCUT2D eigenvalue weighted by Gasteiger charge is -2.04. The highest BCUT2D eigenvalue weighted by molar-refractivity contribution is 5.83. The normalized spacial score (nSPS) is 10.7. The Hall–Kier alpha value is -2.36. The van der Waals surface area contributed by atoms with E-state index in [9.17, 15) is 4.39 Å². The van der Waals surface area contributed by atoms with Gasteiger partial charge in [0.25, 0.3) is 0 Å². The number of aromatic nitrogens is 2. The SMILES string of the molecule is Fc1ccc2c(COc3cccnc3)c[nH]c2c1. The molecule has 4 heteroatoms. The summed E-state index contributed by atoms with van der Waals surface area (Å²) < 4.78 is 18.6. The van der Waals surface area contributed by atoms with E-state index in [0.29, 0.717) is 12.4 Å². The quantitative estimate of drug-likeness (QED) is 0.765. The van der Waals surface area contributed by atoms with E-state index in [4.69, 9.17) is 4.74 Å². The number of hydrogen-bond acceptors (Lipinski definition) is 2. The van der Waals surface area contributed by atoms with Crippen LogP contribution >= 0.6 is 0 Å². The minimum Gasteiger partial charge on any atom is -0.487 e. The molecule has 90 valence electrons. The van der Waals surface area contributed by atoms with Gasteiger partial charge in [-0.1, -0.05) is 0 Å². The monoisotopic (exact) mass is 242 g/mol. The summed E-state index contributed by atoms with van der Waals surface area (Å²) >= 11 is 0. The third-order valence-corrected chi connectivity index (χ3v) is 2.76. The summed E-state index contributed by atoms with van der Waals surface area (Å²) in [6.07, 6.45) is 5.19. The summed E-state index contributed by atoms with van der Waals surface area (Å²) in [4.78, 5) is 7.01. The molecule has 2 aromatic heterocycles. The van der Waals surface area contributed by atoms with Crippen molar-refractivity contribution < 1.29 is 9.13 Å². The van der Waals surface area contributed by atoms with E-state index >= 15 is 0 Å². The molecule has 0 spiro atoms. The van der Waals surface area contributed by atoms with Crippen LogP contribution in [0.4, 0.5) is 4.39 Å². The van der Waals surface area contributed by atoms with Crippen LogP contribution < -0.4 is 4.74 Å². The Morgan fingerprint density at radius 3 is 3.06 bits per heavy atom. The molecule has 0 aliphatic carbocycles. The van der Waals surface area contributed by atoms with Crippen molar-refractivity contribution in [1.82, 2.24) is 9.97 Å².